The van der Waals surface area contributed by atoms with Crippen LogP contribution in [0.25, 0.3) is 20.7 Å². The van der Waals surface area contributed by atoms with E-state index in [1.54, 1.807) is 13.8 Å². The van der Waals surface area contributed by atoms with Gasteiger partial charge >= 0.3 is 11.9 Å². The standard InChI is InChI=1S/C14H14N4O4S2/c1-3-21-13(19)9-5(15)7-11(23-9)18-12-8(17-7)6(16)10(24-12)14(20)22-4-2/h3-4,15-16H2,1-2H3. The molecule has 8 nitrogen and oxygen atoms in total. The van der Waals surface area contributed by atoms with Crippen molar-refractivity contribution in [1.82, 2.24) is 9.97 Å². The maximum atomic E-state index is 11.9. The number of aromatic nitrogens is 2. The summed E-state index contributed by atoms with van der Waals surface area (Å²) < 4.78 is 9.94. The van der Waals surface area contributed by atoms with E-state index >= 15 is 0 Å². The number of hydrogen-bond donors (Lipinski definition) is 2. The maximum absolute atomic E-state index is 11.9. The monoisotopic (exact) mass is 366 g/mol. The van der Waals surface area contributed by atoms with Gasteiger partial charge in [0.2, 0.25) is 0 Å². The molecule has 0 radical (unpaired) electrons. The Hall–Kier alpha value is -2.46. The molecule has 0 bridgehead atoms. The molecule has 4 N–H and O–H groups in total. The highest BCUT2D eigenvalue weighted by Gasteiger charge is 2.24. The van der Waals surface area contributed by atoms with Crippen LogP contribution in [-0.4, -0.2) is 35.1 Å². The maximum Gasteiger partial charge on any atom is 0.350 e. The van der Waals surface area contributed by atoms with Crippen LogP contribution in [0.15, 0.2) is 0 Å². The van der Waals surface area contributed by atoms with E-state index in [1.165, 1.54) is 0 Å². The summed E-state index contributed by atoms with van der Waals surface area (Å²) in [5.74, 6) is -1.02. The van der Waals surface area contributed by atoms with Gasteiger partial charge in [-0.05, 0) is 13.8 Å². The summed E-state index contributed by atoms with van der Waals surface area (Å²) in [6, 6.07) is 0. The number of carbonyl (C=O) groups is 2. The third-order valence-electron chi connectivity index (χ3n) is 3.15. The molecule has 10 heteroatoms. The van der Waals surface area contributed by atoms with Crippen molar-refractivity contribution in [1.29, 1.82) is 0 Å². The molecule has 0 aliphatic rings. The fraction of sp³-hybridized carbons (Fsp3) is 0.286. The molecule has 0 aliphatic carbocycles. The summed E-state index contributed by atoms with van der Waals surface area (Å²) in [5.41, 5.74) is 13.1. The van der Waals surface area contributed by atoms with Gasteiger partial charge in [0.15, 0.2) is 0 Å². The molecule has 0 atom stereocenters. The summed E-state index contributed by atoms with van der Waals surface area (Å²) in [7, 11) is 0. The number of thiophene rings is 2. The lowest BCUT2D eigenvalue weighted by atomic mass is 10.3. The van der Waals surface area contributed by atoms with E-state index in [-0.39, 0.29) is 34.3 Å². The molecule has 3 heterocycles. The zero-order valence-electron chi connectivity index (χ0n) is 12.9. The molecule has 0 aliphatic heterocycles. The number of hydrogen-bond acceptors (Lipinski definition) is 10. The van der Waals surface area contributed by atoms with Gasteiger partial charge in [0.05, 0.1) is 24.6 Å². The molecule has 0 unspecified atom stereocenters. The second-order valence-corrected chi connectivity index (χ2v) is 6.66. The Morgan fingerprint density at radius 2 is 1.29 bits per heavy atom. The topological polar surface area (TPSA) is 130 Å². The summed E-state index contributed by atoms with van der Waals surface area (Å²) in [6.07, 6.45) is 0. The second-order valence-electron chi connectivity index (χ2n) is 4.66. The number of ether oxygens (including phenoxy) is 2. The van der Waals surface area contributed by atoms with Crippen molar-refractivity contribution in [3.63, 3.8) is 0 Å². The molecule has 0 aromatic carbocycles. The van der Waals surface area contributed by atoms with Crippen LogP contribution in [0, 0.1) is 0 Å². The lowest BCUT2D eigenvalue weighted by molar-refractivity contribution is 0.0523. The lowest BCUT2D eigenvalue weighted by Crippen LogP contribution is -2.05. The highest BCUT2D eigenvalue weighted by atomic mass is 32.1. The number of nitrogens with zero attached hydrogens (tertiary/aromatic N) is 2. The van der Waals surface area contributed by atoms with Gasteiger partial charge < -0.3 is 20.9 Å². The molecular weight excluding hydrogens is 352 g/mol. The van der Waals surface area contributed by atoms with Crippen molar-refractivity contribution in [3.05, 3.63) is 9.75 Å². The van der Waals surface area contributed by atoms with Crippen molar-refractivity contribution in [2.75, 3.05) is 24.7 Å². The molecule has 0 saturated heterocycles. The number of nitrogens with two attached hydrogens (primary N) is 2. The Morgan fingerprint density at radius 3 is 1.67 bits per heavy atom. The van der Waals surface area contributed by atoms with Crippen molar-refractivity contribution < 1.29 is 19.1 Å². The van der Waals surface area contributed by atoms with Crippen molar-refractivity contribution in [2.24, 2.45) is 0 Å². The van der Waals surface area contributed by atoms with Crippen LogP contribution in [0.1, 0.15) is 33.2 Å². The number of nitrogen functional groups attached to an aromatic ring is 2. The average Bonchev–Trinajstić information content (AvgIpc) is 3.04. The first-order valence-electron chi connectivity index (χ1n) is 7.10. The van der Waals surface area contributed by atoms with Gasteiger partial charge in [-0.3, -0.25) is 0 Å². The van der Waals surface area contributed by atoms with Crippen molar-refractivity contribution in [2.45, 2.75) is 13.8 Å². The third kappa shape index (κ3) is 2.53. The smallest absolute Gasteiger partial charge is 0.350 e. The fourth-order valence-corrected chi connectivity index (χ4v) is 4.03. The fourth-order valence-electron chi connectivity index (χ4n) is 2.11. The molecule has 3 rings (SSSR count). The minimum Gasteiger partial charge on any atom is -0.462 e. The minimum absolute atomic E-state index is 0.200. The lowest BCUT2D eigenvalue weighted by Gasteiger charge is -1.99. The van der Waals surface area contributed by atoms with Gasteiger partial charge in [-0.25, -0.2) is 19.6 Å². The number of fused-ring (bicyclic) bond motifs is 2. The summed E-state index contributed by atoms with van der Waals surface area (Å²) in [6.45, 7) is 3.92. The first kappa shape index (κ1) is 16.4. The molecule has 0 saturated carbocycles. The van der Waals surface area contributed by atoms with Crippen LogP contribution >= 0.6 is 22.7 Å². The van der Waals surface area contributed by atoms with E-state index in [9.17, 15) is 9.59 Å². The predicted octanol–water partition coefficient (Wildman–Crippen LogP) is 2.42. The van der Waals surface area contributed by atoms with E-state index < -0.39 is 11.9 Å². The van der Waals surface area contributed by atoms with Gasteiger partial charge in [-0.2, -0.15) is 0 Å². The molecule has 24 heavy (non-hydrogen) atoms. The highest BCUT2D eigenvalue weighted by Crippen LogP contribution is 2.38. The van der Waals surface area contributed by atoms with E-state index in [0.29, 0.717) is 20.7 Å². The van der Waals surface area contributed by atoms with E-state index in [2.05, 4.69) is 9.97 Å². The number of esters is 2. The molecule has 0 spiro atoms. The Balaban J connectivity index is 2.16. The Labute approximate surface area is 144 Å². The molecule has 3 aromatic heterocycles. The number of rotatable bonds is 4. The first-order chi connectivity index (χ1) is 11.5. The first-order valence-corrected chi connectivity index (χ1v) is 8.73. The normalized spacial score (nSPS) is 11.1. The SMILES string of the molecule is CCOC(=O)c1sc2nc3sc(C(=O)OCC)c(N)c3nc2c1N. The zero-order valence-corrected chi connectivity index (χ0v) is 14.5. The van der Waals surface area contributed by atoms with Crippen LogP contribution in [0.5, 0.6) is 0 Å². The largest absolute Gasteiger partial charge is 0.462 e. The molecule has 126 valence electrons. The number of anilines is 2. The van der Waals surface area contributed by atoms with Crippen LogP contribution < -0.4 is 11.5 Å². The van der Waals surface area contributed by atoms with Gasteiger partial charge in [0.25, 0.3) is 0 Å². The van der Waals surface area contributed by atoms with Gasteiger partial charge in [-0.1, -0.05) is 0 Å². The molecule has 0 fully saturated rings. The minimum atomic E-state index is -0.511. The van der Waals surface area contributed by atoms with Gasteiger partial charge in [0.1, 0.15) is 30.4 Å². The van der Waals surface area contributed by atoms with E-state index in [0.717, 1.165) is 22.7 Å². The molecular formula is C14H14N4O4S2. The summed E-state index contributed by atoms with van der Waals surface area (Å²) >= 11 is 2.19. The van der Waals surface area contributed by atoms with E-state index in [1.807, 2.05) is 0 Å². The molecule has 0 amide bonds. The van der Waals surface area contributed by atoms with Crippen LogP contribution in [0.4, 0.5) is 11.4 Å². The van der Waals surface area contributed by atoms with Gasteiger partial charge in [-0.15, -0.1) is 22.7 Å². The average molecular weight is 366 g/mol. The summed E-state index contributed by atoms with van der Waals surface area (Å²) in [4.78, 5) is 34.1. The van der Waals surface area contributed by atoms with Crippen molar-refractivity contribution >= 4 is 66.7 Å². The predicted molar refractivity (Wildman–Crippen MR) is 93.5 cm³/mol. The third-order valence-corrected chi connectivity index (χ3v) is 5.29. The van der Waals surface area contributed by atoms with Crippen molar-refractivity contribution in [3.8, 4) is 0 Å². The highest BCUT2D eigenvalue weighted by molar-refractivity contribution is 7.22. The molecule has 3 aromatic rings. The quantitative estimate of drug-likeness (QED) is 0.673. The zero-order chi connectivity index (χ0) is 17.4. The Kier molecular flexibility index (Phi) is 4.24. The Bertz CT molecular complexity index is 889. The summed E-state index contributed by atoms with van der Waals surface area (Å²) in [5, 5.41) is 0. The van der Waals surface area contributed by atoms with Crippen LogP contribution in [-0.2, 0) is 9.47 Å². The van der Waals surface area contributed by atoms with Gasteiger partial charge in [0, 0.05) is 0 Å². The van der Waals surface area contributed by atoms with Crippen LogP contribution in [0.2, 0.25) is 0 Å². The Morgan fingerprint density at radius 1 is 0.875 bits per heavy atom. The van der Waals surface area contributed by atoms with Crippen LogP contribution in [0.3, 0.4) is 0 Å². The number of carbonyl (C=O) groups excluding carboxylic acids is 2. The second kappa shape index (κ2) is 6.21. The van der Waals surface area contributed by atoms with E-state index in [4.69, 9.17) is 20.9 Å².